The molecule has 254 valence electrons. The molecule has 0 spiro atoms. The van der Waals surface area contributed by atoms with Crippen LogP contribution in [-0.2, 0) is 32.3 Å². The lowest BCUT2D eigenvalue weighted by Gasteiger charge is -2.31. The number of amides is 1. The summed E-state index contributed by atoms with van der Waals surface area (Å²) in [5.41, 5.74) is 9.88. The van der Waals surface area contributed by atoms with E-state index in [0.29, 0.717) is 46.9 Å². The smallest absolute Gasteiger partial charge is 0.252 e. The number of hydrogen-bond donors (Lipinski definition) is 2. The highest BCUT2D eigenvalue weighted by Gasteiger charge is 2.54. The Morgan fingerprint density at radius 3 is 2.41 bits per heavy atom. The zero-order valence-electron chi connectivity index (χ0n) is 26.6. The predicted octanol–water partition coefficient (Wildman–Crippen LogP) is 6.39. The third kappa shape index (κ3) is 8.60. The molecular weight excluding hydrogens is 666 g/mol. The maximum atomic E-state index is 14.5. The standard InChI is InChI=1S/C36H36ClN5O6S/c37-32-14-7-5-9-26(32)19-21-39-35(44)36(20-24-49(45,46)30-11-2-1-3-12-30)33(31-13-6-4-10-28(31)25-40-42-38)48-34(41-36)27-15-17-29(18-16-27)47-23-8-22-43/h1-7,9-18,33,43H,8,19-25H2,(H,39,44)/t33-,36-/m1/s1. The summed E-state index contributed by atoms with van der Waals surface area (Å²) in [6.45, 7) is 0.528. The SMILES string of the molecule is [N-]=[N+]=NCc1ccccc1[C@H]1OC(c2ccc(OCCCO)cc2)=N[C@@]1(CCS(=O)(=O)c1ccccc1)C(=O)NCCc1ccccc1Cl. The third-order valence-electron chi connectivity index (χ3n) is 8.16. The molecule has 1 aliphatic heterocycles. The van der Waals surface area contributed by atoms with Crippen LogP contribution in [0.2, 0.25) is 5.02 Å². The Hall–Kier alpha value is -4.87. The molecule has 4 aromatic carbocycles. The van der Waals surface area contributed by atoms with Gasteiger partial charge in [0.2, 0.25) is 5.90 Å². The van der Waals surface area contributed by atoms with Crippen LogP contribution in [0.1, 0.15) is 41.2 Å². The Morgan fingerprint density at radius 2 is 1.69 bits per heavy atom. The zero-order valence-corrected chi connectivity index (χ0v) is 28.2. The second-order valence-corrected chi connectivity index (χ2v) is 13.9. The molecule has 11 nitrogen and oxygen atoms in total. The van der Waals surface area contributed by atoms with Crippen molar-refractivity contribution in [2.45, 2.75) is 42.3 Å². The van der Waals surface area contributed by atoms with Crippen LogP contribution in [-0.4, -0.2) is 56.4 Å². The molecule has 0 aromatic heterocycles. The van der Waals surface area contributed by atoms with Crippen LogP contribution in [0.3, 0.4) is 0 Å². The fraction of sp³-hybridized carbons (Fsp3) is 0.278. The molecule has 0 aliphatic carbocycles. The van der Waals surface area contributed by atoms with Crippen molar-refractivity contribution >= 4 is 33.2 Å². The summed E-state index contributed by atoms with van der Waals surface area (Å²) in [4.78, 5) is 22.5. The summed E-state index contributed by atoms with van der Waals surface area (Å²) < 4.78 is 39.5. The topological polar surface area (TPSA) is 163 Å². The van der Waals surface area contributed by atoms with Gasteiger partial charge >= 0.3 is 0 Å². The molecular formula is C36H36ClN5O6S. The molecule has 1 heterocycles. The molecule has 13 heteroatoms. The number of hydrogen-bond acceptors (Lipinski definition) is 8. The van der Waals surface area contributed by atoms with Crippen LogP contribution in [0.25, 0.3) is 10.4 Å². The number of aliphatic imine (C=N–C) groups is 1. The quantitative estimate of drug-likeness (QED) is 0.0595. The molecule has 49 heavy (non-hydrogen) atoms. The summed E-state index contributed by atoms with van der Waals surface area (Å²) in [5.74, 6) is -0.208. The van der Waals surface area contributed by atoms with E-state index in [1.165, 1.54) is 12.1 Å². The van der Waals surface area contributed by atoms with Crippen molar-refractivity contribution in [3.05, 3.63) is 141 Å². The zero-order chi connectivity index (χ0) is 34.7. The first kappa shape index (κ1) is 35.4. The highest BCUT2D eigenvalue weighted by molar-refractivity contribution is 7.91. The monoisotopic (exact) mass is 701 g/mol. The molecule has 0 saturated heterocycles. The molecule has 1 amide bonds. The number of azide groups is 1. The number of halogens is 1. The third-order valence-corrected chi connectivity index (χ3v) is 10.3. The van der Waals surface area contributed by atoms with Gasteiger partial charge in [0.25, 0.3) is 5.91 Å². The molecule has 4 aromatic rings. The molecule has 0 saturated carbocycles. The van der Waals surface area contributed by atoms with Crippen molar-refractivity contribution in [1.29, 1.82) is 0 Å². The van der Waals surface area contributed by atoms with E-state index in [9.17, 15) is 13.2 Å². The van der Waals surface area contributed by atoms with E-state index in [4.69, 9.17) is 36.7 Å². The van der Waals surface area contributed by atoms with Crippen molar-refractivity contribution in [1.82, 2.24) is 5.32 Å². The van der Waals surface area contributed by atoms with Gasteiger partial charge in [0.15, 0.2) is 21.5 Å². The van der Waals surface area contributed by atoms with E-state index >= 15 is 0 Å². The first-order chi connectivity index (χ1) is 23.8. The van der Waals surface area contributed by atoms with Crippen LogP contribution in [0, 0.1) is 0 Å². The van der Waals surface area contributed by atoms with Crippen molar-refractivity contribution in [3.8, 4) is 5.75 Å². The van der Waals surface area contributed by atoms with Crippen LogP contribution < -0.4 is 10.1 Å². The minimum Gasteiger partial charge on any atom is -0.494 e. The maximum absolute atomic E-state index is 14.5. The molecule has 2 N–H and O–H groups in total. The fourth-order valence-electron chi connectivity index (χ4n) is 5.59. The lowest BCUT2D eigenvalue weighted by molar-refractivity contribution is -0.129. The average molecular weight is 702 g/mol. The summed E-state index contributed by atoms with van der Waals surface area (Å²) in [7, 11) is -3.84. The van der Waals surface area contributed by atoms with Crippen LogP contribution in [0.5, 0.6) is 5.75 Å². The van der Waals surface area contributed by atoms with Crippen molar-refractivity contribution in [3.63, 3.8) is 0 Å². The summed E-state index contributed by atoms with van der Waals surface area (Å²) in [5, 5.41) is 16.4. The Kier molecular flexibility index (Phi) is 11.9. The Labute approximate surface area is 290 Å². The van der Waals surface area contributed by atoms with Crippen molar-refractivity contribution < 1.29 is 27.8 Å². The number of rotatable bonds is 16. The van der Waals surface area contributed by atoms with Gasteiger partial charge in [0, 0.05) is 41.5 Å². The number of nitrogens with one attached hydrogen (secondary N) is 1. The molecule has 0 unspecified atom stereocenters. The normalized spacial score (nSPS) is 17.0. The Balaban J connectivity index is 1.57. The Morgan fingerprint density at radius 1 is 1.00 bits per heavy atom. The fourth-order valence-corrected chi connectivity index (χ4v) is 7.21. The van der Waals surface area contributed by atoms with E-state index < -0.39 is 33.1 Å². The second-order valence-electron chi connectivity index (χ2n) is 11.4. The van der Waals surface area contributed by atoms with Gasteiger partial charge in [-0.25, -0.2) is 13.4 Å². The van der Waals surface area contributed by atoms with Crippen LogP contribution in [0.15, 0.2) is 118 Å². The Bertz CT molecular complexity index is 1940. The van der Waals surface area contributed by atoms with Crippen LogP contribution >= 0.6 is 11.6 Å². The number of aliphatic hydroxyl groups excluding tert-OH is 1. The van der Waals surface area contributed by atoms with Gasteiger partial charge in [0.05, 0.1) is 23.8 Å². The van der Waals surface area contributed by atoms with E-state index in [2.05, 4.69) is 15.3 Å². The minimum absolute atomic E-state index is 0.00774. The van der Waals surface area contributed by atoms with E-state index in [1.807, 2.05) is 18.2 Å². The van der Waals surface area contributed by atoms with Gasteiger partial charge in [-0.05, 0) is 71.1 Å². The predicted molar refractivity (Wildman–Crippen MR) is 187 cm³/mol. The number of carbonyl (C=O) groups is 1. The van der Waals surface area contributed by atoms with E-state index in [1.54, 1.807) is 72.8 Å². The highest BCUT2D eigenvalue weighted by atomic mass is 35.5. The molecule has 0 bridgehead atoms. The van der Waals surface area contributed by atoms with Crippen LogP contribution in [0.4, 0.5) is 0 Å². The molecule has 0 fully saturated rings. The van der Waals surface area contributed by atoms with Gasteiger partial charge in [-0.3, -0.25) is 4.79 Å². The number of ether oxygens (including phenoxy) is 2. The number of aliphatic hydroxyl groups is 1. The highest BCUT2D eigenvalue weighted by Crippen LogP contribution is 2.44. The minimum atomic E-state index is -3.84. The van der Waals surface area contributed by atoms with E-state index in [-0.39, 0.29) is 36.9 Å². The van der Waals surface area contributed by atoms with Gasteiger partial charge in [-0.2, -0.15) is 0 Å². The van der Waals surface area contributed by atoms with E-state index in [0.717, 1.165) is 5.56 Å². The van der Waals surface area contributed by atoms with Gasteiger partial charge in [-0.1, -0.05) is 77.4 Å². The number of benzene rings is 4. The lowest BCUT2D eigenvalue weighted by atomic mass is 9.83. The number of carbonyl (C=O) groups excluding carboxylic acids is 1. The van der Waals surface area contributed by atoms with Gasteiger partial charge < -0.3 is 19.9 Å². The average Bonchev–Trinajstić information content (AvgIpc) is 3.52. The molecule has 1 aliphatic rings. The van der Waals surface area contributed by atoms with Gasteiger partial charge in [-0.15, -0.1) is 0 Å². The largest absolute Gasteiger partial charge is 0.494 e. The molecule has 0 radical (unpaired) electrons. The maximum Gasteiger partial charge on any atom is 0.252 e. The lowest BCUT2D eigenvalue weighted by Crippen LogP contribution is -2.50. The number of sulfone groups is 1. The number of nitrogens with zero attached hydrogens (tertiary/aromatic N) is 4. The van der Waals surface area contributed by atoms with Gasteiger partial charge in [0.1, 0.15) is 5.75 Å². The summed E-state index contributed by atoms with van der Waals surface area (Å²) in [6.07, 6.45) is -0.375. The summed E-state index contributed by atoms with van der Waals surface area (Å²) in [6, 6.07) is 29.4. The molecule has 5 rings (SSSR count). The first-order valence-corrected chi connectivity index (χ1v) is 17.8. The van der Waals surface area contributed by atoms with Crippen molar-refractivity contribution in [2.75, 3.05) is 25.5 Å². The second kappa shape index (κ2) is 16.5. The van der Waals surface area contributed by atoms with Crippen molar-refractivity contribution in [2.24, 2.45) is 10.1 Å². The summed E-state index contributed by atoms with van der Waals surface area (Å²) >= 11 is 6.37. The molecule has 2 atom stereocenters. The first-order valence-electron chi connectivity index (χ1n) is 15.8.